The number of ether oxygens (including phenoxy) is 1. The number of hydrogen-bond donors (Lipinski definition) is 2. The Kier molecular flexibility index (Phi) is 4.03. The maximum Gasteiger partial charge on any atom is 0.351 e. The monoisotopic (exact) mass is 273 g/mol. The first-order valence-corrected chi connectivity index (χ1v) is 5.97. The Balaban J connectivity index is 2.11. The van der Waals surface area contributed by atoms with Gasteiger partial charge in [0.2, 0.25) is 0 Å². The molecule has 1 aromatic heterocycles. The number of anilines is 1. The number of aliphatic hydroxyl groups excluding tert-OH is 1. The van der Waals surface area contributed by atoms with Crippen LogP contribution in [0.3, 0.4) is 0 Å². The van der Waals surface area contributed by atoms with Gasteiger partial charge in [0.25, 0.3) is 0 Å². The van der Waals surface area contributed by atoms with Crippen LogP contribution in [0.1, 0.15) is 12.6 Å². The first-order chi connectivity index (χ1) is 8.61. The third-order valence-electron chi connectivity index (χ3n) is 2.66. The van der Waals surface area contributed by atoms with Crippen molar-refractivity contribution >= 4 is 14.5 Å². The molecule has 1 aromatic rings. The predicted molar refractivity (Wildman–Crippen MR) is 61.0 cm³/mol. The van der Waals surface area contributed by atoms with Crippen LogP contribution < -0.4 is 11.4 Å². The summed E-state index contributed by atoms with van der Waals surface area (Å²) in [5, 5.41) is 9.72. The van der Waals surface area contributed by atoms with Crippen molar-refractivity contribution in [3.8, 4) is 0 Å². The molecule has 1 saturated heterocycles. The molecule has 3 atom stereocenters. The van der Waals surface area contributed by atoms with Crippen molar-refractivity contribution in [3.05, 3.63) is 22.7 Å². The van der Waals surface area contributed by atoms with Gasteiger partial charge >= 0.3 is 14.4 Å². The highest BCUT2D eigenvalue weighted by atomic mass is 31.1. The molecule has 0 aliphatic carbocycles. The third-order valence-corrected chi connectivity index (χ3v) is 2.91. The molecule has 0 unspecified atom stereocenters. The first kappa shape index (κ1) is 13.1. The topological polar surface area (TPSA) is 117 Å². The van der Waals surface area contributed by atoms with Crippen LogP contribution in [0, 0.1) is 0 Å². The van der Waals surface area contributed by atoms with Crippen LogP contribution in [0.4, 0.5) is 5.82 Å². The van der Waals surface area contributed by atoms with Crippen LogP contribution in [0.2, 0.25) is 0 Å². The molecular formula is C9H12N3O5P. The zero-order valence-corrected chi connectivity index (χ0v) is 10.2. The van der Waals surface area contributed by atoms with E-state index in [1.165, 1.54) is 16.8 Å². The lowest BCUT2D eigenvalue weighted by Gasteiger charge is -2.14. The minimum atomic E-state index is -0.791. The van der Waals surface area contributed by atoms with Gasteiger partial charge in [-0.25, -0.2) is 9.36 Å². The average Bonchev–Trinajstić information content (AvgIpc) is 2.68. The number of nitrogens with two attached hydrogens (primary N) is 1. The highest BCUT2D eigenvalue weighted by Gasteiger charge is 2.35. The van der Waals surface area contributed by atoms with Gasteiger partial charge in [-0.05, 0) is 6.07 Å². The molecule has 1 aliphatic rings. The number of aliphatic hydroxyl groups is 1. The summed E-state index contributed by atoms with van der Waals surface area (Å²) in [7, 11) is -0.478. The van der Waals surface area contributed by atoms with Gasteiger partial charge in [-0.3, -0.25) is 9.09 Å². The van der Waals surface area contributed by atoms with Crippen LogP contribution in [-0.4, -0.2) is 33.5 Å². The van der Waals surface area contributed by atoms with Crippen molar-refractivity contribution in [2.75, 3.05) is 12.3 Å². The van der Waals surface area contributed by atoms with Crippen molar-refractivity contribution in [2.24, 2.45) is 0 Å². The summed E-state index contributed by atoms with van der Waals surface area (Å²) < 4.78 is 21.5. The second-order valence-corrected chi connectivity index (χ2v) is 4.25. The molecule has 0 saturated carbocycles. The molecule has 0 bridgehead atoms. The molecule has 2 heterocycles. The first-order valence-electron chi connectivity index (χ1n) is 5.24. The van der Waals surface area contributed by atoms with E-state index < -0.39 is 32.8 Å². The number of aromatic nitrogens is 2. The van der Waals surface area contributed by atoms with E-state index >= 15 is 0 Å². The van der Waals surface area contributed by atoms with Gasteiger partial charge in [0.1, 0.15) is 18.1 Å². The van der Waals surface area contributed by atoms with Gasteiger partial charge in [0.15, 0.2) is 0 Å². The molecule has 1 fully saturated rings. The van der Waals surface area contributed by atoms with Gasteiger partial charge in [-0.15, -0.1) is 0 Å². The van der Waals surface area contributed by atoms with Gasteiger partial charge in [0, 0.05) is 12.6 Å². The highest BCUT2D eigenvalue weighted by molar-refractivity contribution is 7.17. The van der Waals surface area contributed by atoms with E-state index in [0.29, 0.717) is 0 Å². The van der Waals surface area contributed by atoms with Crippen LogP contribution in [0.25, 0.3) is 0 Å². The minimum absolute atomic E-state index is 0.0140. The SMILES string of the molecule is Nc1ccn([C@H]2C[C@@H](O)[C@@H](COP=O)O2)c(=O)n1. The van der Waals surface area contributed by atoms with E-state index in [9.17, 15) is 14.5 Å². The summed E-state index contributed by atoms with van der Waals surface area (Å²) >= 11 is 0. The standard InChI is InChI=1S/C9H12N3O5P/c10-7-1-2-12(9(14)11-7)8-3-5(13)6(17-8)4-16-18-15/h1-2,5-6,8,13H,3-4H2,(H2,10,11,14)/t5-,6-,8-/m1/s1. The molecule has 3 N–H and O–H groups in total. The van der Waals surface area contributed by atoms with Gasteiger partial charge < -0.3 is 15.6 Å². The Bertz CT molecular complexity index is 493. The summed E-state index contributed by atoms with van der Waals surface area (Å²) in [4.78, 5) is 15.2. The molecule has 0 radical (unpaired) electrons. The average molecular weight is 273 g/mol. The molecule has 18 heavy (non-hydrogen) atoms. The predicted octanol–water partition coefficient (Wildman–Crippen LogP) is -0.303. The molecule has 98 valence electrons. The van der Waals surface area contributed by atoms with Gasteiger partial charge in [0.05, 0.1) is 12.7 Å². The maximum atomic E-state index is 11.6. The van der Waals surface area contributed by atoms with Gasteiger partial charge in [-0.2, -0.15) is 4.98 Å². The Labute approximate surface area is 104 Å². The lowest BCUT2D eigenvalue weighted by Crippen LogP contribution is -2.28. The Hall–Kier alpha value is -1.34. The molecule has 1 aliphatic heterocycles. The maximum absolute atomic E-state index is 11.6. The molecule has 2 rings (SSSR count). The van der Waals surface area contributed by atoms with Crippen LogP contribution in [0.15, 0.2) is 17.1 Å². The zero-order valence-electron chi connectivity index (χ0n) is 9.30. The summed E-state index contributed by atoms with van der Waals surface area (Å²) in [6.45, 7) is -0.0140. The number of nitrogen functional groups attached to an aromatic ring is 1. The molecular weight excluding hydrogens is 261 g/mol. The lowest BCUT2D eigenvalue weighted by molar-refractivity contribution is -0.0390. The fraction of sp³-hybridized carbons (Fsp3) is 0.556. The second kappa shape index (κ2) is 5.53. The third kappa shape index (κ3) is 2.73. The Morgan fingerprint density at radius 3 is 3.17 bits per heavy atom. The normalized spacial score (nSPS) is 27.7. The Morgan fingerprint density at radius 2 is 2.50 bits per heavy atom. The van der Waals surface area contributed by atoms with Crippen LogP contribution in [-0.2, 0) is 13.8 Å². The number of nitrogens with zero attached hydrogens (tertiary/aromatic N) is 2. The molecule has 8 nitrogen and oxygen atoms in total. The minimum Gasteiger partial charge on any atom is -0.390 e. The summed E-state index contributed by atoms with van der Waals surface area (Å²) in [5.41, 5.74) is 4.83. The smallest absolute Gasteiger partial charge is 0.351 e. The number of rotatable bonds is 4. The molecule has 0 amide bonds. The van der Waals surface area contributed by atoms with Crippen molar-refractivity contribution < 1.29 is 18.9 Å². The van der Waals surface area contributed by atoms with E-state index in [0.717, 1.165) is 0 Å². The van der Waals surface area contributed by atoms with E-state index in [-0.39, 0.29) is 18.8 Å². The Morgan fingerprint density at radius 1 is 1.72 bits per heavy atom. The van der Waals surface area contributed by atoms with Crippen molar-refractivity contribution in [1.29, 1.82) is 0 Å². The fourth-order valence-electron chi connectivity index (χ4n) is 1.78. The lowest BCUT2D eigenvalue weighted by atomic mass is 10.2. The van der Waals surface area contributed by atoms with Crippen molar-refractivity contribution in [2.45, 2.75) is 24.9 Å². The second-order valence-electron chi connectivity index (χ2n) is 3.84. The van der Waals surface area contributed by atoms with E-state index in [4.69, 9.17) is 10.5 Å². The largest absolute Gasteiger partial charge is 0.390 e. The molecule has 9 heteroatoms. The highest BCUT2D eigenvalue weighted by Crippen LogP contribution is 2.28. The van der Waals surface area contributed by atoms with Crippen LogP contribution in [0.5, 0.6) is 0 Å². The van der Waals surface area contributed by atoms with Crippen LogP contribution >= 0.6 is 8.69 Å². The summed E-state index contributed by atoms with van der Waals surface area (Å²) in [6.07, 6.45) is -0.355. The summed E-state index contributed by atoms with van der Waals surface area (Å²) in [6, 6.07) is 1.47. The van der Waals surface area contributed by atoms with Crippen molar-refractivity contribution in [3.63, 3.8) is 0 Å². The molecule has 0 aromatic carbocycles. The van der Waals surface area contributed by atoms with E-state index in [1.54, 1.807) is 0 Å². The van der Waals surface area contributed by atoms with Crippen molar-refractivity contribution in [1.82, 2.24) is 9.55 Å². The fourth-order valence-corrected chi connectivity index (χ4v) is 1.99. The zero-order chi connectivity index (χ0) is 13.1. The number of hydrogen-bond acceptors (Lipinski definition) is 7. The summed E-state index contributed by atoms with van der Waals surface area (Å²) in [5.74, 6) is 0.125. The van der Waals surface area contributed by atoms with Gasteiger partial charge in [-0.1, -0.05) is 0 Å². The molecule has 0 spiro atoms. The van der Waals surface area contributed by atoms with E-state index in [2.05, 4.69) is 9.51 Å². The quantitative estimate of drug-likeness (QED) is 0.723. The van der Waals surface area contributed by atoms with E-state index in [1.807, 2.05) is 0 Å².